The zero-order chi connectivity index (χ0) is 14.9. The molecule has 6 heteroatoms. The third kappa shape index (κ3) is 2.59. The molecule has 0 spiro atoms. The topological polar surface area (TPSA) is 71.5 Å². The van der Waals surface area contributed by atoms with Crippen LogP contribution in [-0.2, 0) is 16.1 Å². The van der Waals surface area contributed by atoms with Crippen molar-refractivity contribution in [1.82, 2.24) is 15.2 Å². The first-order chi connectivity index (χ1) is 9.35. The molecule has 2 heterocycles. The molecule has 1 saturated heterocycles. The number of methoxy groups -OCH3 is 1. The Hall–Kier alpha value is -2.11. The van der Waals surface area contributed by atoms with Gasteiger partial charge in [0.1, 0.15) is 11.6 Å². The summed E-state index contributed by atoms with van der Waals surface area (Å²) in [6.07, 6.45) is 0. The van der Waals surface area contributed by atoms with Gasteiger partial charge in [0.05, 0.1) is 19.3 Å². The van der Waals surface area contributed by atoms with E-state index in [2.05, 4.69) is 10.3 Å². The maximum Gasteiger partial charge on any atom is 0.248 e. The van der Waals surface area contributed by atoms with Crippen LogP contribution in [0.1, 0.15) is 26.5 Å². The number of rotatable bonds is 3. The first-order valence-electron chi connectivity index (χ1n) is 6.48. The van der Waals surface area contributed by atoms with Crippen molar-refractivity contribution in [2.75, 3.05) is 7.11 Å². The monoisotopic (exact) mass is 277 g/mol. The first kappa shape index (κ1) is 14.3. The number of carbonyl (C=O) groups excluding carboxylic acids is 2. The van der Waals surface area contributed by atoms with Crippen molar-refractivity contribution < 1.29 is 14.3 Å². The highest BCUT2D eigenvalue weighted by atomic mass is 16.5. The molecule has 108 valence electrons. The largest absolute Gasteiger partial charge is 0.481 e. The maximum atomic E-state index is 12.4. The standard InChI is InChI=1S/C14H19N3O3/c1-9-12(18)16-14(2,3)13(19)17(9)8-10-6-5-7-11(15-10)20-4/h5-7,9H,8H2,1-4H3,(H,16,18). The normalized spacial score (nSPS) is 21.6. The van der Waals surface area contributed by atoms with E-state index in [1.807, 2.05) is 12.1 Å². The third-order valence-corrected chi connectivity index (χ3v) is 3.40. The minimum atomic E-state index is -0.886. The van der Waals surface area contributed by atoms with E-state index in [9.17, 15) is 9.59 Å². The maximum absolute atomic E-state index is 12.4. The average Bonchev–Trinajstić information content (AvgIpc) is 2.41. The second-order valence-electron chi connectivity index (χ2n) is 5.39. The molecule has 1 fully saturated rings. The van der Waals surface area contributed by atoms with Crippen LogP contribution in [0, 0.1) is 0 Å². The summed E-state index contributed by atoms with van der Waals surface area (Å²) in [5.74, 6) is 0.218. The van der Waals surface area contributed by atoms with Gasteiger partial charge in [-0.25, -0.2) is 4.98 Å². The van der Waals surface area contributed by atoms with Crippen LogP contribution in [0.3, 0.4) is 0 Å². The summed E-state index contributed by atoms with van der Waals surface area (Å²) in [4.78, 5) is 30.2. The number of nitrogens with zero attached hydrogens (tertiary/aromatic N) is 2. The molecular weight excluding hydrogens is 258 g/mol. The SMILES string of the molecule is COc1cccc(CN2C(=O)C(C)(C)NC(=O)C2C)n1. The molecule has 1 aromatic rings. The summed E-state index contributed by atoms with van der Waals surface area (Å²) in [5, 5.41) is 2.72. The fourth-order valence-electron chi connectivity index (χ4n) is 2.18. The summed E-state index contributed by atoms with van der Waals surface area (Å²) in [5.41, 5.74) is -0.197. The third-order valence-electron chi connectivity index (χ3n) is 3.40. The minimum absolute atomic E-state index is 0.116. The van der Waals surface area contributed by atoms with Gasteiger partial charge < -0.3 is 15.0 Å². The zero-order valence-electron chi connectivity index (χ0n) is 12.1. The predicted octanol–water partition coefficient (Wildman–Crippen LogP) is 0.716. The smallest absolute Gasteiger partial charge is 0.248 e. The minimum Gasteiger partial charge on any atom is -0.481 e. The second kappa shape index (κ2) is 5.11. The lowest BCUT2D eigenvalue weighted by Gasteiger charge is -2.41. The van der Waals surface area contributed by atoms with Crippen LogP contribution < -0.4 is 10.1 Å². The Balaban J connectivity index is 2.25. The van der Waals surface area contributed by atoms with Crippen molar-refractivity contribution in [3.05, 3.63) is 23.9 Å². The van der Waals surface area contributed by atoms with Crippen LogP contribution in [0.5, 0.6) is 5.88 Å². The van der Waals surface area contributed by atoms with E-state index in [0.717, 1.165) is 0 Å². The number of hydrogen-bond acceptors (Lipinski definition) is 4. The quantitative estimate of drug-likeness (QED) is 0.883. The molecule has 0 radical (unpaired) electrons. The van der Waals surface area contributed by atoms with Gasteiger partial charge in [-0.05, 0) is 26.8 Å². The van der Waals surface area contributed by atoms with Gasteiger partial charge in [0.2, 0.25) is 17.7 Å². The summed E-state index contributed by atoms with van der Waals surface area (Å²) < 4.78 is 5.07. The van der Waals surface area contributed by atoms with Gasteiger partial charge in [0.25, 0.3) is 0 Å². The van der Waals surface area contributed by atoms with E-state index < -0.39 is 11.6 Å². The number of amides is 2. The molecule has 2 amide bonds. The van der Waals surface area contributed by atoms with E-state index in [-0.39, 0.29) is 18.4 Å². The van der Waals surface area contributed by atoms with Crippen molar-refractivity contribution in [1.29, 1.82) is 0 Å². The molecule has 1 unspecified atom stereocenters. The summed E-state index contributed by atoms with van der Waals surface area (Å²) in [6, 6.07) is 4.85. The van der Waals surface area contributed by atoms with Crippen molar-refractivity contribution in [2.24, 2.45) is 0 Å². The van der Waals surface area contributed by atoms with Crippen molar-refractivity contribution >= 4 is 11.8 Å². The summed E-state index contributed by atoms with van der Waals surface area (Å²) >= 11 is 0. The number of aromatic nitrogens is 1. The van der Waals surface area contributed by atoms with Gasteiger partial charge in [-0.15, -0.1) is 0 Å². The first-order valence-corrected chi connectivity index (χ1v) is 6.48. The van der Waals surface area contributed by atoms with Gasteiger partial charge >= 0.3 is 0 Å². The number of piperazine rings is 1. The average molecular weight is 277 g/mol. The lowest BCUT2D eigenvalue weighted by molar-refractivity contribution is -0.153. The lowest BCUT2D eigenvalue weighted by atomic mass is 9.97. The Morgan fingerprint density at radius 1 is 1.40 bits per heavy atom. The highest BCUT2D eigenvalue weighted by molar-refractivity contribution is 5.99. The van der Waals surface area contributed by atoms with Crippen molar-refractivity contribution in [2.45, 2.75) is 38.9 Å². The van der Waals surface area contributed by atoms with Crippen LogP contribution in [0.4, 0.5) is 0 Å². The Morgan fingerprint density at radius 2 is 2.10 bits per heavy atom. The molecule has 0 saturated carbocycles. The summed E-state index contributed by atoms with van der Waals surface area (Å²) in [6.45, 7) is 5.40. The number of pyridine rings is 1. The molecule has 0 bridgehead atoms. The number of hydrogen-bond donors (Lipinski definition) is 1. The molecule has 1 aliphatic heterocycles. The van der Waals surface area contributed by atoms with Gasteiger partial charge in [-0.1, -0.05) is 6.07 Å². The van der Waals surface area contributed by atoms with Crippen molar-refractivity contribution in [3.8, 4) is 5.88 Å². The highest BCUT2D eigenvalue weighted by Crippen LogP contribution is 2.20. The molecule has 1 aromatic heterocycles. The van der Waals surface area contributed by atoms with E-state index in [1.165, 1.54) is 7.11 Å². The molecule has 1 N–H and O–H groups in total. The van der Waals surface area contributed by atoms with E-state index in [4.69, 9.17) is 4.74 Å². The number of carbonyl (C=O) groups is 2. The molecule has 1 atom stereocenters. The summed E-state index contributed by atoms with van der Waals surface area (Å²) in [7, 11) is 1.54. The number of nitrogens with one attached hydrogen (secondary N) is 1. The predicted molar refractivity (Wildman–Crippen MR) is 73.0 cm³/mol. The Bertz CT molecular complexity index is 542. The number of ether oxygens (including phenoxy) is 1. The van der Waals surface area contributed by atoms with Crippen molar-refractivity contribution in [3.63, 3.8) is 0 Å². The van der Waals surface area contributed by atoms with Crippen LogP contribution in [0.25, 0.3) is 0 Å². The van der Waals surface area contributed by atoms with E-state index in [1.54, 1.807) is 31.7 Å². The molecule has 1 aliphatic rings. The van der Waals surface area contributed by atoms with E-state index >= 15 is 0 Å². The second-order valence-corrected chi connectivity index (χ2v) is 5.39. The molecule has 6 nitrogen and oxygen atoms in total. The molecule has 20 heavy (non-hydrogen) atoms. The van der Waals surface area contributed by atoms with Gasteiger partial charge in [0.15, 0.2) is 0 Å². The van der Waals surface area contributed by atoms with Crippen LogP contribution >= 0.6 is 0 Å². The molecule has 0 aromatic carbocycles. The van der Waals surface area contributed by atoms with Gasteiger partial charge in [0, 0.05) is 6.07 Å². The zero-order valence-corrected chi connectivity index (χ0v) is 12.1. The highest BCUT2D eigenvalue weighted by Gasteiger charge is 2.43. The Morgan fingerprint density at radius 3 is 2.75 bits per heavy atom. The fourth-order valence-corrected chi connectivity index (χ4v) is 2.18. The van der Waals surface area contributed by atoms with Gasteiger partial charge in [-0.3, -0.25) is 9.59 Å². The molecule has 2 rings (SSSR count). The van der Waals surface area contributed by atoms with Crippen LogP contribution in [-0.4, -0.2) is 40.4 Å². The van der Waals surface area contributed by atoms with E-state index in [0.29, 0.717) is 11.6 Å². The van der Waals surface area contributed by atoms with Crippen LogP contribution in [0.15, 0.2) is 18.2 Å². The Kier molecular flexibility index (Phi) is 3.65. The Labute approximate surface area is 118 Å². The lowest BCUT2D eigenvalue weighted by Crippen LogP contribution is -2.67. The molecule has 0 aliphatic carbocycles. The van der Waals surface area contributed by atoms with Crippen LogP contribution in [0.2, 0.25) is 0 Å². The molecular formula is C14H19N3O3. The fraction of sp³-hybridized carbons (Fsp3) is 0.500. The van der Waals surface area contributed by atoms with Gasteiger partial charge in [-0.2, -0.15) is 0 Å².